The quantitative estimate of drug-likeness (QED) is 0.907. The van der Waals surface area contributed by atoms with Gasteiger partial charge in [-0.25, -0.2) is 0 Å². The third-order valence-corrected chi connectivity index (χ3v) is 3.88. The highest BCUT2D eigenvalue weighted by atomic mass is 35.5. The molecule has 3 rings (SSSR count). The fourth-order valence-corrected chi connectivity index (χ4v) is 2.79. The molecule has 0 radical (unpaired) electrons. The second kappa shape index (κ2) is 5.08. The molecular weight excluding hydrogens is 254 g/mol. The van der Waals surface area contributed by atoms with Crippen LogP contribution in [0, 0.1) is 0 Å². The van der Waals surface area contributed by atoms with Crippen molar-refractivity contribution in [2.75, 3.05) is 6.61 Å². The number of ether oxygens (including phenoxy) is 1. The molecule has 1 aromatic carbocycles. The first-order valence-corrected chi connectivity index (χ1v) is 6.27. The molecule has 2 nitrogen and oxygen atoms in total. The summed E-state index contributed by atoms with van der Waals surface area (Å²) in [6.45, 7) is 0.799. The number of hydrogen-bond donors (Lipinski definition) is 1. The molecule has 0 bridgehead atoms. The zero-order valence-electron chi connectivity index (χ0n) is 9.26. The minimum Gasteiger partial charge on any atom is -0.493 e. The molecule has 0 spiro atoms. The van der Waals surface area contributed by atoms with Gasteiger partial charge in [0.25, 0.3) is 0 Å². The molecule has 1 aliphatic heterocycles. The molecule has 2 aromatic rings. The van der Waals surface area contributed by atoms with E-state index in [4.69, 9.17) is 10.5 Å². The minimum absolute atomic E-state index is 0. The van der Waals surface area contributed by atoms with Crippen molar-refractivity contribution >= 4 is 23.7 Å². The van der Waals surface area contributed by atoms with Crippen LogP contribution in [0.25, 0.3) is 0 Å². The van der Waals surface area contributed by atoms with Gasteiger partial charge in [-0.3, -0.25) is 0 Å². The van der Waals surface area contributed by atoms with Crippen LogP contribution in [0.15, 0.2) is 35.7 Å². The predicted octanol–water partition coefficient (Wildman–Crippen LogP) is 3.15. The molecule has 1 atom stereocenters. The third kappa shape index (κ3) is 2.32. The summed E-state index contributed by atoms with van der Waals surface area (Å²) < 4.78 is 5.49. The van der Waals surface area contributed by atoms with Gasteiger partial charge < -0.3 is 10.5 Å². The van der Waals surface area contributed by atoms with Gasteiger partial charge in [-0.2, -0.15) is 0 Å². The Morgan fingerprint density at radius 3 is 2.94 bits per heavy atom. The van der Waals surface area contributed by atoms with E-state index in [1.165, 1.54) is 16.0 Å². The predicted molar refractivity (Wildman–Crippen MR) is 73.2 cm³/mol. The lowest BCUT2D eigenvalue weighted by Gasteiger charge is -2.11. The van der Waals surface area contributed by atoms with E-state index < -0.39 is 0 Å². The van der Waals surface area contributed by atoms with Gasteiger partial charge in [0.2, 0.25) is 0 Å². The number of hydrogen-bond acceptors (Lipinski definition) is 3. The number of fused-ring (bicyclic) bond motifs is 1. The SMILES string of the molecule is Cl.N[C@H](c1ccc2c(c1)CCO2)c1cccs1. The summed E-state index contributed by atoms with van der Waals surface area (Å²) in [5.74, 6) is 1.02. The van der Waals surface area contributed by atoms with E-state index in [1.807, 2.05) is 12.1 Å². The maximum absolute atomic E-state index is 6.22. The molecule has 0 saturated carbocycles. The van der Waals surface area contributed by atoms with Crippen molar-refractivity contribution in [2.24, 2.45) is 5.73 Å². The molecule has 2 heterocycles. The van der Waals surface area contributed by atoms with Crippen molar-refractivity contribution in [2.45, 2.75) is 12.5 Å². The van der Waals surface area contributed by atoms with Crippen LogP contribution in [-0.2, 0) is 6.42 Å². The summed E-state index contributed by atoms with van der Waals surface area (Å²) in [4.78, 5) is 1.21. The Kier molecular flexibility index (Phi) is 3.72. The Labute approximate surface area is 111 Å². The molecule has 1 aliphatic rings. The van der Waals surface area contributed by atoms with Crippen LogP contribution in [0.3, 0.4) is 0 Å². The van der Waals surface area contributed by atoms with Gasteiger partial charge in [-0.15, -0.1) is 23.7 Å². The van der Waals surface area contributed by atoms with Crippen molar-refractivity contribution in [3.05, 3.63) is 51.7 Å². The van der Waals surface area contributed by atoms with Gasteiger partial charge in [-0.1, -0.05) is 18.2 Å². The molecule has 0 fully saturated rings. The van der Waals surface area contributed by atoms with Gasteiger partial charge in [-0.05, 0) is 28.6 Å². The lowest BCUT2D eigenvalue weighted by molar-refractivity contribution is 0.357. The van der Waals surface area contributed by atoms with Crippen LogP contribution in [0.5, 0.6) is 5.75 Å². The first-order chi connectivity index (χ1) is 7.84. The Balaban J connectivity index is 0.00000108. The van der Waals surface area contributed by atoms with Crippen LogP contribution in [0.1, 0.15) is 22.0 Å². The van der Waals surface area contributed by atoms with Crippen molar-refractivity contribution < 1.29 is 4.74 Å². The summed E-state index contributed by atoms with van der Waals surface area (Å²) in [6.07, 6.45) is 1.00. The fraction of sp³-hybridized carbons (Fsp3) is 0.231. The summed E-state index contributed by atoms with van der Waals surface area (Å²) in [7, 11) is 0. The summed E-state index contributed by atoms with van der Waals surface area (Å²) in [5.41, 5.74) is 8.68. The van der Waals surface area contributed by atoms with Gasteiger partial charge in [0, 0.05) is 11.3 Å². The maximum atomic E-state index is 6.22. The Morgan fingerprint density at radius 2 is 2.18 bits per heavy atom. The third-order valence-electron chi connectivity index (χ3n) is 2.92. The standard InChI is InChI=1S/C13H13NOS.ClH/c14-13(12-2-1-7-16-12)10-3-4-11-9(8-10)5-6-15-11;/h1-4,7-8,13H,5-6,14H2;1H/t13-;/m1./s1. The van der Waals surface area contributed by atoms with Gasteiger partial charge in [0.05, 0.1) is 12.6 Å². The van der Waals surface area contributed by atoms with E-state index in [2.05, 4.69) is 23.6 Å². The van der Waals surface area contributed by atoms with E-state index in [0.717, 1.165) is 18.8 Å². The summed E-state index contributed by atoms with van der Waals surface area (Å²) in [6, 6.07) is 10.4. The van der Waals surface area contributed by atoms with E-state index in [9.17, 15) is 0 Å². The van der Waals surface area contributed by atoms with E-state index in [1.54, 1.807) is 11.3 Å². The Bertz CT molecular complexity index is 498. The summed E-state index contributed by atoms with van der Waals surface area (Å²) in [5, 5.41) is 2.06. The lowest BCUT2D eigenvalue weighted by Crippen LogP contribution is -2.10. The molecule has 4 heteroatoms. The molecular formula is C13H14ClNOS. The molecule has 0 amide bonds. The molecule has 1 aromatic heterocycles. The average Bonchev–Trinajstić information content (AvgIpc) is 2.98. The smallest absolute Gasteiger partial charge is 0.122 e. The van der Waals surface area contributed by atoms with E-state index >= 15 is 0 Å². The highest BCUT2D eigenvalue weighted by Gasteiger charge is 2.16. The average molecular weight is 268 g/mol. The fourth-order valence-electron chi connectivity index (χ4n) is 2.03. The van der Waals surface area contributed by atoms with Crippen LogP contribution in [0.4, 0.5) is 0 Å². The molecule has 0 saturated heterocycles. The van der Waals surface area contributed by atoms with Gasteiger partial charge in [0.15, 0.2) is 0 Å². The van der Waals surface area contributed by atoms with Crippen LogP contribution >= 0.6 is 23.7 Å². The zero-order chi connectivity index (χ0) is 11.0. The second-order valence-corrected chi connectivity index (χ2v) is 4.94. The van der Waals surface area contributed by atoms with Crippen molar-refractivity contribution in [1.29, 1.82) is 0 Å². The molecule has 0 aliphatic carbocycles. The van der Waals surface area contributed by atoms with E-state index in [-0.39, 0.29) is 18.4 Å². The zero-order valence-corrected chi connectivity index (χ0v) is 10.9. The highest BCUT2D eigenvalue weighted by Crippen LogP contribution is 2.30. The van der Waals surface area contributed by atoms with Crippen LogP contribution < -0.4 is 10.5 Å². The molecule has 17 heavy (non-hydrogen) atoms. The van der Waals surface area contributed by atoms with Crippen molar-refractivity contribution in [3.63, 3.8) is 0 Å². The first-order valence-electron chi connectivity index (χ1n) is 5.39. The number of halogens is 1. The number of thiophene rings is 1. The van der Waals surface area contributed by atoms with E-state index in [0.29, 0.717) is 0 Å². The minimum atomic E-state index is -0.00843. The topological polar surface area (TPSA) is 35.2 Å². The van der Waals surface area contributed by atoms with Gasteiger partial charge in [0.1, 0.15) is 5.75 Å². The first kappa shape index (κ1) is 12.4. The Hall–Kier alpha value is -1.03. The highest BCUT2D eigenvalue weighted by molar-refractivity contribution is 7.10. The normalized spacial score (nSPS) is 14.6. The van der Waals surface area contributed by atoms with Gasteiger partial charge >= 0.3 is 0 Å². The van der Waals surface area contributed by atoms with Crippen molar-refractivity contribution in [3.8, 4) is 5.75 Å². The van der Waals surface area contributed by atoms with Crippen molar-refractivity contribution in [1.82, 2.24) is 0 Å². The number of rotatable bonds is 2. The molecule has 90 valence electrons. The van der Waals surface area contributed by atoms with Crippen LogP contribution in [0.2, 0.25) is 0 Å². The Morgan fingerprint density at radius 1 is 1.29 bits per heavy atom. The molecule has 2 N–H and O–H groups in total. The monoisotopic (exact) mass is 267 g/mol. The molecule has 0 unspecified atom stereocenters. The maximum Gasteiger partial charge on any atom is 0.122 e. The second-order valence-electron chi connectivity index (χ2n) is 3.96. The number of benzene rings is 1. The van der Waals surface area contributed by atoms with Crippen LogP contribution in [-0.4, -0.2) is 6.61 Å². The number of nitrogens with two attached hydrogens (primary N) is 1. The lowest BCUT2D eigenvalue weighted by atomic mass is 10.0. The summed E-state index contributed by atoms with van der Waals surface area (Å²) >= 11 is 1.70. The largest absolute Gasteiger partial charge is 0.493 e.